The van der Waals surface area contributed by atoms with Gasteiger partial charge < -0.3 is 19.5 Å². The molecule has 0 radical (unpaired) electrons. The number of carbonyl (C=O) groups is 1. The fourth-order valence-corrected chi connectivity index (χ4v) is 3.19. The van der Waals surface area contributed by atoms with E-state index in [1.54, 1.807) is 36.9 Å². The van der Waals surface area contributed by atoms with Crippen molar-refractivity contribution < 1.29 is 19.4 Å². The van der Waals surface area contributed by atoms with Gasteiger partial charge in [0, 0.05) is 11.6 Å². The van der Waals surface area contributed by atoms with Crippen molar-refractivity contribution in [2.45, 2.75) is 38.5 Å². The van der Waals surface area contributed by atoms with E-state index in [0.29, 0.717) is 35.8 Å². The van der Waals surface area contributed by atoms with Crippen LogP contribution in [0.1, 0.15) is 37.9 Å². The highest BCUT2D eigenvalue weighted by molar-refractivity contribution is 5.91. The number of hydrogen-bond donors (Lipinski definition) is 1. The summed E-state index contributed by atoms with van der Waals surface area (Å²) in [5.41, 5.74) is 0.236. The summed E-state index contributed by atoms with van der Waals surface area (Å²) < 4.78 is 11.3. The summed E-state index contributed by atoms with van der Waals surface area (Å²) in [6, 6.07) is 6.54. The average Bonchev–Trinajstić information content (AvgIpc) is 2.89. The first kappa shape index (κ1) is 16.3. The van der Waals surface area contributed by atoms with E-state index in [2.05, 4.69) is 6.07 Å². The van der Waals surface area contributed by atoms with Crippen LogP contribution in [0.3, 0.4) is 0 Å². The minimum atomic E-state index is -0.933. The Balaban J connectivity index is 2.04. The number of aliphatic hydroxyl groups is 1. The van der Waals surface area contributed by atoms with Crippen molar-refractivity contribution in [2.75, 3.05) is 13.2 Å². The average molecular weight is 328 g/mol. The Morgan fingerprint density at radius 1 is 1.50 bits per heavy atom. The number of nitrogens with zero attached hydrogens (tertiary/aromatic N) is 2. The molecule has 126 valence electrons. The molecule has 0 saturated carbocycles. The molecule has 2 heterocycles. The number of fused-ring (bicyclic) bond motifs is 1. The second kappa shape index (κ2) is 5.84. The van der Waals surface area contributed by atoms with E-state index < -0.39 is 17.7 Å². The minimum Gasteiger partial charge on any atom is -0.496 e. The molecule has 2 unspecified atom stereocenters. The van der Waals surface area contributed by atoms with Crippen LogP contribution in [0.2, 0.25) is 0 Å². The van der Waals surface area contributed by atoms with Gasteiger partial charge in [0.15, 0.2) is 0 Å². The zero-order valence-electron chi connectivity index (χ0n) is 13.9. The molecule has 1 amide bonds. The van der Waals surface area contributed by atoms with Crippen molar-refractivity contribution in [2.24, 2.45) is 0 Å². The van der Waals surface area contributed by atoms with Gasteiger partial charge in [-0.05, 0) is 39.0 Å². The van der Waals surface area contributed by atoms with Crippen LogP contribution in [-0.4, -0.2) is 40.8 Å². The lowest BCUT2D eigenvalue weighted by Crippen LogP contribution is -2.54. The van der Waals surface area contributed by atoms with E-state index in [9.17, 15) is 9.90 Å². The summed E-state index contributed by atoms with van der Waals surface area (Å²) in [4.78, 5) is 14.0. The molecule has 0 bridgehead atoms. The van der Waals surface area contributed by atoms with Crippen molar-refractivity contribution in [3.8, 4) is 11.8 Å². The lowest BCUT2D eigenvalue weighted by molar-refractivity contribution is -0.137. The Morgan fingerprint density at radius 2 is 2.25 bits per heavy atom. The molecule has 0 spiro atoms. The van der Waals surface area contributed by atoms with Crippen LogP contribution in [-0.2, 0) is 9.53 Å². The highest BCUT2D eigenvalue weighted by Gasteiger charge is 2.47. The molecule has 1 aromatic carbocycles. The third-order valence-corrected chi connectivity index (χ3v) is 4.40. The topological polar surface area (TPSA) is 82.8 Å². The summed E-state index contributed by atoms with van der Waals surface area (Å²) in [6.45, 7) is 6.19. The molecule has 6 heteroatoms. The van der Waals surface area contributed by atoms with E-state index in [0.717, 1.165) is 0 Å². The highest BCUT2D eigenvalue weighted by atomic mass is 16.5. The Labute approximate surface area is 140 Å². The normalized spacial score (nSPS) is 24.7. The van der Waals surface area contributed by atoms with Gasteiger partial charge in [-0.2, -0.15) is 5.26 Å². The standard InChI is InChI=1S/C18H20N2O4/c1-4-23-12-8-15(21)20(10-12)16-13-7-11(9-19)5-6-14(13)24-18(2,3)17(16)22/h5-8,16-17,22H,4,10H2,1-3H3. The first-order valence-electron chi connectivity index (χ1n) is 7.92. The molecule has 1 aromatic rings. The van der Waals surface area contributed by atoms with E-state index in [1.807, 2.05) is 6.92 Å². The van der Waals surface area contributed by atoms with E-state index >= 15 is 0 Å². The summed E-state index contributed by atoms with van der Waals surface area (Å²) in [5.74, 6) is 0.942. The van der Waals surface area contributed by atoms with Gasteiger partial charge in [0.05, 0.1) is 30.8 Å². The number of rotatable bonds is 3. The third kappa shape index (κ3) is 2.61. The fourth-order valence-electron chi connectivity index (χ4n) is 3.19. The molecule has 2 atom stereocenters. The number of amides is 1. The summed E-state index contributed by atoms with van der Waals surface area (Å²) >= 11 is 0. The maximum atomic E-state index is 12.4. The Bertz CT molecular complexity index is 748. The maximum absolute atomic E-state index is 12.4. The lowest BCUT2D eigenvalue weighted by atomic mass is 9.85. The van der Waals surface area contributed by atoms with E-state index in [4.69, 9.17) is 14.7 Å². The molecule has 0 saturated heterocycles. The van der Waals surface area contributed by atoms with Crippen LogP contribution in [0.4, 0.5) is 0 Å². The van der Waals surface area contributed by atoms with Crippen molar-refractivity contribution >= 4 is 5.91 Å². The Kier molecular flexibility index (Phi) is 3.98. The third-order valence-electron chi connectivity index (χ3n) is 4.40. The first-order chi connectivity index (χ1) is 11.4. The van der Waals surface area contributed by atoms with Crippen LogP contribution in [0.15, 0.2) is 30.0 Å². The van der Waals surface area contributed by atoms with Crippen LogP contribution >= 0.6 is 0 Å². The zero-order valence-corrected chi connectivity index (χ0v) is 13.9. The van der Waals surface area contributed by atoms with Crippen LogP contribution in [0.25, 0.3) is 0 Å². The van der Waals surface area contributed by atoms with Gasteiger partial charge in [-0.25, -0.2) is 0 Å². The zero-order chi connectivity index (χ0) is 17.5. The molecule has 2 aliphatic heterocycles. The summed E-state index contributed by atoms with van der Waals surface area (Å²) in [7, 11) is 0. The minimum absolute atomic E-state index is 0.214. The molecular formula is C18H20N2O4. The number of carbonyl (C=O) groups excluding carboxylic acids is 1. The van der Waals surface area contributed by atoms with Gasteiger partial charge in [0.1, 0.15) is 23.2 Å². The summed E-state index contributed by atoms with van der Waals surface area (Å²) in [5, 5.41) is 20.0. The quantitative estimate of drug-likeness (QED) is 0.916. The van der Waals surface area contributed by atoms with Crippen molar-refractivity contribution in [3.05, 3.63) is 41.2 Å². The second-order valence-electron chi connectivity index (χ2n) is 6.47. The Morgan fingerprint density at radius 3 is 2.92 bits per heavy atom. The predicted molar refractivity (Wildman–Crippen MR) is 86.0 cm³/mol. The largest absolute Gasteiger partial charge is 0.496 e. The predicted octanol–water partition coefficient (Wildman–Crippen LogP) is 1.89. The number of hydrogen-bond acceptors (Lipinski definition) is 5. The molecule has 0 aliphatic carbocycles. The number of benzene rings is 1. The first-order valence-corrected chi connectivity index (χ1v) is 7.92. The monoisotopic (exact) mass is 328 g/mol. The molecule has 1 N–H and O–H groups in total. The van der Waals surface area contributed by atoms with Crippen LogP contribution in [0, 0.1) is 11.3 Å². The van der Waals surface area contributed by atoms with Crippen LogP contribution in [0.5, 0.6) is 5.75 Å². The smallest absolute Gasteiger partial charge is 0.251 e. The van der Waals surface area contributed by atoms with Gasteiger partial charge in [-0.1, -0.05) is 0 Å². The van der Waals surface area contributed by atoms with Crippen molar-refractivity contribution in [1.29, 1.82) is 5.26 Å². The number of ether oxygens (including phenoxy) is 2. The molecular weight excluding hydrogens is 308 g/mol. The van der Waals surface area contributed by atoms with E-state index in [-0.39, 0.29) is 5.91 Å². The van der Waals surface area contributed by atoms with Crippen molar-refractivity contribution in [3.63, 3.8) is 0 Å². The SMILES string of the molecule is CCOC1=CC(=O)N(C2c3cc(C#N)ccc3OC(C)(C)C2O)C1. The highest BCUT2D eigenvalue weighted by Crippen LogP contribution is 2.44. The van der Waals surface area contributed by atoms with Gasteiger partial charge in [0.25, 0.3) is 5.91 Å². The van der Waals surface area contributed by atoms with Gasteiger partial charge in [-0.3, -0.25) is 4.79 Å². The molecule has 0 fully saturated rings. The summed E-state index contributed by atoms with van der Waals surface area (Å²) in [6.07, 6.45) is 0.518. The van der Waals surface area contributed by atoms with Gasteiger partial charge in [-0.15, -0.1) is 0 Å². The molecule has 3 rings (SSSR count). The molecule has 0 aromatic heterocycles. The molecule has 2 aliphatic rings. The van der Waals surface area contributed by atoms with Gasteiger partial charge >= 0.3 is 0 Å². The van der Waals surface area contributed by atoms with Crippen molar-refractivity contribution in [1.82, 2.24) is 4.90 Å². The molecule has 6 nitrogen and oxygen atoms in total. The fraction of sp³-hybridized carbons (Fsp3) is 0.444. The number of aliphatic hydroxyl groups excluding tert-OH is 1. The number of nitriles is 1. The van der Waals surface area contributed by atoms with E-state index in [1.165, 1.54) is 6.08 Å². The second-order valence-corrected chi connectivity index (χ2v) is 6.47. The van der Waals surface area contributed by atoms with Gasteiger partial charge in [0.2, 0.25) is 0 Å². The lowest BCUT2D eigenvalue weighted by Gasteiger charge is -2.45. The maximum Gasteiger partial charge on any atom is 0.251 e. The van der Waals surface area contributed by atoms with Crippen LogP contribution < -0.4 is 4.74 Å². The Hall–Kier alpha value is -2.52. The molecule has 24 heavy (non-hydrogen) atoms.